The molecular formula is C31H37FN4O3S. The number of aromatic nitrogens is 1. The van der Waals surface area contributed by atoms with E-state index >= 15 is 4.39 Å². The summed E-state index contributed by atoms with van der Waals surface area (Å²) in [6.07, 6.45) is 8.21. The van der Waals surface area contributed by atoms with Crippen LogP contribution in [0.5, 0.6) is 0 Å². The fourth-order valence-corrected chi connectivity index (χ4v) is 8.31. The van der Waals surface area contributed by atoms with Crippen LogP contribution in [0.3, 0.4) is 0 Å². The van der Waals surface area contributed by atoms with Gasteiger partial charge in [0.15, 0.2) is 0 Å². The lowest BCUT2D eigenvalue weighted by molar-refractivity contribution is -0.136. The first-order chi connectivity index (χ1) is 19.4. The predicted molar refractivity (Wildman–Crippen MR) is 155 cm³/mol. The Balaban J connectivity index is 1.21. The van der Waals surface area contributed by atoms with Gasteiger partial charge in [0.05, 0.1) is 4.90 Å². The molecule has 3 fully saturated rings. The molecule has 0 spiro atoms. The second-order valence-electron chi connectivity index (χ2n) is 11.4. The Bertz CT molecular complexity index is 1450. The van der Waals surface area contributed by atoms with E-state index in [9.17, 15) is 13.2 Å². The number of alkyl halides is 1. The zero-order chi connectivity index (χ0) is 27.7. The van der Waals surface area contributed by atoms with Crippen LogP contribution in [-0.4, -0.2) is 74.0 Å². The maximum absolute atomic E-state index is 15.1. The van der Waals surface area contributed by atoms with E-state index in [1.54, 1.807) is 24.5 Å². The first-order valence-corrected chi connectivity index (χ1v) is 16.0. The lowest BCUT2D eigenvalue weighted by atomic mass is 9.94. The van der Waals surface area contributed by atoms with Gasteiger partial charge in [0.2, 0.25) is 15.9 Å². The van der Waals surface area contributed by atoms with Crippen LogP contribution in [0.15, 0.2) is 65.8 Å². The molecule has 3 saturated heterocycles. The van der Waals surface area contributed by atoms with E-state index in [0.29, 0.717) is 11.3 Å². The highest BCUT2D eigenvalue weighted by atomic mass is 32.2. The summed E-state index contributed by atoms with van der Waals surface area (Å²) in [4.78, 5) is 22.0. The topological polar surface area (TPSA) is 73.8 Å². The molecule has 0 aliphatic carbocycles. The number of pyridine rings is 1. The highest BCUT2D eigenvalue weighted by Gasteiger charge is 2.41. The molecule has 7 nitrogen and oxygen atoms in total. The number of benzene rings is 2. The van der Waals surface area contributed by atoms with Gasteiger partial charge in [-0.05, 0) is 49.4 Å². The number of amides is 1. The Morgan fingerprint density at radius 1 is 0.850 bits per heavy atom. The Kier molecular flexibility index (Phi) is 7.77. The summed E-state index contributed by atoms with van der Waals surface area (Å²) in [6, 6.07) is 14.5. The van der Waals surface area contributed by atoms with Crippen molar-refractivity contribution in [2.24, 2.45) is 5.92 Å². The van der Waals surface area contributed by atoms with Crippen molar-refractivity contribution in [1.29, 1.82) is 0 Å². The van der Waals surface area contributed by atoms with E-state index in [-0.39, 0.29) is 23.9 Å². The monoisotopic (exact) mass is 564 g/mol. The van der Waals surface area contributed by atoms with Crippen LogP contribution < -0.4 is 4.90 Å². The van der Waals surface area contributed by atoms with E-state index in [4.69, 9.17) is 0 Å². The second kappa shape index (κ2) is 11.4. The van der Waals surface area contributed by atoms with Gasteiger partial charge in [0, 0.05) is 80.0 Å². The molecule has 2 atom stereocenters. The summed E-state index contributed by atoms with van der Waals surface area (Å²) in [5.41, 5.74) is 1.74. The van der Waals surface area contributed by atoms with Crippen molar-refractivity contribution >= 4 is 32.4 Å². The largest absolute Gasteiger partial charge is 0.371 e. The van der Waals surface area contributed by atoms with Gasteiger partial charge in [-0.15, -0.1) is 0 Å². The number of halogens is 1. The number of piperidine rings is 1. The van der Waals surface area contributed by atoms with Crippen molar-refractivity contribution < 1.29 is 17.6 Å². The molecule has 1 amide bonds. The van der Waals surface area contributed by atoms with Gasteiger partial charge in [-0.25, -0.2) is 12.8 Å². The van der Waals surface area contributed by atoms with Crippen LogP contribution in [0, 0.1) is 5.92 Å². The standard InChI is InChI=1S/C31H37FN4O3S/c32-28-22-36(21-27(28)23-8-4-3-5-9-23)40(38,39)30-11-10-29(26-20-33-15-12-25(26)30)34-18-13-24(14-19-34)31(37)35-16-6-1-2-7-17-35/h3-5,8-12,15,20,24,27-28H,1-2,6-7,13-14,16-19,21-22H2/t27-,28-/m1/s1. The number of carbonyl (C=O) groups is 1. The SMILES string of the molecule is O=C(C1CCN(c2ccc(S(=O)(=O)N3C[C@@H](F)[C@@H](c4ccccc4)C3)c3ccncc23)CC1)N1CCCCCC1. The van der Waals surface area contributed by atoms with E-state index < -0.39 is 22.1 Å². The molecule has 4 heterocycles. The number of nitrogens with zero attached hydrogens (tertiary/aromatic N) is 4. The first-order valence-electron chi connectivity index (χ1n) is 14.5. The second-order valence-corrected chi connectivity index (χ2v) is 13.3. The summed E-state index contributed by atoms with van der Waals surface area (Å²) >= 11 is 0. The molecule has 3 aliphatic rings. The Hall–Kier alpha value is -3.04. The zero-order valence-corrected chi connectivity index (χ0v) is 23.6. The number of anilines is 1. The third kappa shape index (κ3) is 5.21. The summed E-state index contributed by atoms with van der Waals surface area (Å²) in [5.74, 6) is -0.152. The van der Waals surface area contributed by atoms with Crippen LogP contribution in [0.2, 0.25) is 0 Å². The molecule has 0 unspecified atom stereocenters. The number of likely N-dealkylation sites (tertiary alicyclic amines) is 1. The predicted octanol–water partition coefficient (Wildman–Crippen LogP) is 4.98. The summed E-state index contributed by atoms with van der Waals surface area (Å²) in [7, 11) is -3.93. The number of rotatable bonds is 5. The van der Waals surface area contributed by atoms with Gasteiger partial charge < -0.3 is 9.80 Å². The number of fused-ring (bicyclic) bond motifs is 1. The van der Waals surface area contributed by atoms with Crippen LogP contribution in [0.25, 0.3) is 10.8 Å². The molecule has 1 aromatic heterocycles. The highest BCUT2D eigenvalue weighted by Crippen LogP contribution is 2.38. The van der Waals surface area contributed by atoms with Crippen LogP contribution in [0.4, 0.5) is 10.1 Å². The molecule has 0 N–H and O–H groups in total. The van der Waals surface area contributed by atoms with Gasteiger partial charge in [-0.2, -0.15) is 4.31 Å². The van der Waals surface area contributed by atoms with E-state index in [0.717, 1.165) is 68.5 Å². The van der Waals surface area contributed by atoms with E-state index in [2.05, 4.69) is 14.8 Å². The number of carbonyl (C=O) groups excluding carboxylic acids is 1. The van der Waals surface area contributed by atoms with E-state index in [1.807, 2.05) is 36.4 Å². The molecule has 3 aromatic rings. The lowest BCUT2D eigenvalue weighted by Crippen LogP contribution is -2.43. The van der Waals surface area contributed by atoms with Crippen LogP contribution >= 0.6 is 0 Å². The van der Waals surface area contributed by atoms with Crippen molar-refractivity contribution in [2.75, 3.05) is 44.2 Å². The number of sulfonamides is 1. The lowest BCUT2D eigenvalue weighted by Gasteiger charge is -2.36. The Morgan fingerprint density at radius 2 is 1.57 bits per heavy atom. The maximum Gasteiger partial charge on any atom is 0.243 e. The molecule has 0 bridgehead atoms. The smallest absolute Gasteiger partial charge is 0.243 e. The highest BCUT2D eigenvalue weighted by molar-refractivity contribution is 7.89. The maximum atomic E-state index is 15.1. The average molecular weight is 565 g/mol. The first kappa shape index (κ1) is 27.1. The molecule has 6 rings (SSSR count). The van der Waals surface area contributed by atoms with Crippen molar-refractivity contribution in [3.63, 3.8) is 0 Å². The molecule has 0 saturated carbocycles. The van der Waals surface area contributed by atoms with Gasteiger partial charge in [-0.3, -0.25) is 9.78 Å². The van der Waals surface area contributed by atoms with Crippen molar-refractivity contribution in [3.8, 4) is 0 Å². The fraction of sp³-hybridized carbons (Fsp3) is 0.484. The van der Waals surface area contributed by atoms with Gasteiger partial charge in [0.1, 0.15) is 6.17 Å². The minimum atomic E-state index is -3.93. The van der Waals surface area contributed by atoms with Gasteiger partial charge >= 0.3 is 0 Å². The minimum Gasteiger partial charge on any atom is -0.371 e. The minimum absolute atomic E-state index is 0.0414. The normalized spacial score (nSPS) is 23.4. The Labute approximate surface area is 236 Å². The molecule has 0 radical (unpaired) electrons. The quantitative estimate of drug-likeness (QED) is 0.437. The van der Waals surface area contributed by atoms with Crippen molar-refractivity contribution in [3.05, 3.63) is 66.5 Å². The molecule has 2 aromatic carbocycles. The molecule has 9 heteroatoms. The van der Waals surface area contributed by atoms with Crippen molar-refractivity contribution in [2.45, 2.75) is 55.5 Å². The summed E-state index contributed by atoms with van der Waals surface area (Å²) < 4.78 is 44.0. The third-order valence-corrected chi connectivity index (χ3v) is 10.8. The molecule has 3 aliphatic heterocycles. The van der Waals surface area contributed by atoms with Gasteiger partial charge in [-0.1, -0.05) is 43.2 Å². The summed E-state index contributed by atoms with van der Waals surface area (Å²) in [6.45, 7) is 3.16. The van der Waals surface area contributed by atoms with E-state index in [1.165, 1.54) is 17.1 Å². The molecular weight excluding hydrogens is 527 g/mol. The average Bonchev–Trinajstić information content (AvgIpc) is 3.20. The Morgan fingerprint density at radius 3 is 2.30 bits per heavy atom. The van der Waals surface area contributed by atoms with Crippen LogP contribution in [0.1, 0.15) is 50.0 Å². The fourth-order valence-electron chi connectivity index (χ4n) is 6.64. The van der Waals surface area contributed by atoms with Crippen LogP contribution in [-0.2, 0) is 14.8 Å². The van der Waals surface area contributed by atoms with Crippen molar-refractivity contribution in [1.82, 2.24) is 14.2 Å². The number of hydrogen-bond donors (Lipinski definition) is 0. The van der Waals surface area contributed by atoms with Gasteiger partial charge in [0.25, 0.3) is 0 Å². The summed E-state index contributed by atoms with van der Waals surface area (Å²) in [5, 5.41) is 1.35. The third-order valence-electron chi connectivity index (χ3n) is 8.92. The molecule has 40 heavy (non-hydrogen) atoms. The number of hydrogen-bond acceptors (Lipinski definition) is 5. The molecule has 212 valence electrons. The zero-order valence-electron chi connectivity index (χ0n) is 22.8.